The maximum Gasteiger partial charge on any atom is 0.208 e. The molecule has 54 valence electrons. The molecule has 0 aliphatic heterocycles. The third-order valence-corrected chi connectivity index (χ3v) is 0.870. The lowest BCUT2D eigenvalue weighted by atomic mass is 10.6. The van der Waals surface area contributed by atoms with Crippen molar-refractivity contribution in [3.63, 3.8) is 0 Å². The normalized spacial score (nSPS) is 9.30. The number of hydrogen-bond acceptors (Lipinski definition) is 1. The molecule has 0 amide bonds. The fraction of sp³-hybridized carbons (Fsp3) is 0.375. The summed E-state index contributed by atoms with van der Waals surface area (Å²) < 4.78 is 1.69. The van der Waals surface area contributed by atoms with Gasteiger partial charge >= 0.3 is 0 Å². The van der Waals surface area contributed by atoms with Crippen molar-refractivity contribution < 1.29 is 4.58 Å². The van der Waals surface area contributed by atoms with Crippen LogP contribution < -0.4 is 0 Å². The third-order valence-electron chi connectivity index (χ3n) is 0.870. The molecule has 0 unspecified atom stereocenters. The zero-order valence-corrected chi connectivity index (χ0v) is 6.54. The monoisotopic (exact) mass is 137 g/mol. The van der Waals surface area contributed by atoms with Crippen LogP contribution in [-0.4, -0.2) is 36.8 Å². The predicted octanol–water partition coefficient (Wildman–Crippen LogP) is 0.365. The fourth-order valence-electron chi connectivity index (χ4n) is 0.398. The molecule has 0 aliphatic rings. The Morgan fingerprint density at radius 3 is 2.70 bits per heavy atom. The molecule has 0 aromatic heterocycles. The van der Waals surface area contributed by atoms with Crippen LogP contribution in [0.25, 0.3) is 0 Å². The molecule has 0 bridgehead atoms. The van der Waals surface area contributed by atoms with Gasteiger partial charge in [-0.2, -0.15) is 4.58 Å². The van der Waals surface area contributed by atoms with E-state index in [1.807, 2.05) is 31.4 Å². The lowest BCUT2D eigenvalue weighted by Gasteiger charge is -1.99. The molecule has 0 aliphatic carbocycles. The van der Waals surface area contributed by atoms with Crippen LogP contribution in [0.5, 0.6) is 0 Å². The Hall–Kier alpha value is -1.23. The minimum atomic E-state index is 0.546. The number of hydrogen-bond donors (Lipinski definition) is 0. The van der Waals surface area contributed by atoms with Gasteiger partial charge in [-0.1, -0.05) is 0 Å². The highest BCUT2D eigenvalue weighted by Crippen LogP contribution is 1.78. The van der Waals surface area contributed by atoms with E-state index in [4.69, 9.17) is 6.42 Å². The van der Waals surface area contributed by atoms with Gasteiger partial charge in [-0.05, 0) is 5.92 Å². The zero-order valence-electron chi connectivity index (χ0n) is 6.54. The van der Waals surface area contributed by atoms with Gasteiger partial charge in [0, 0.05) is 14.1 Å². The molecule has 2 nitrogen and oxygen atoms in total. The first-order valence-electron chi connectivity index (χ1n) is 3.02. The molecule has 0 saturated carbocycles. The minimum Gasteiger partial charge on any atom is -0.379 e. The molecule has 0 aromatic rings. The Morgan fingerprint density at radius 1 is 1.70 bits per heavy atom. The molecule has 0 atom stereocenters. The molecular weight excluding hydrogens is 124 g/mol. The average molecular weight is 137 g/mol. The Kier molecular flexibility index (Phi) is 4.06. The van der Waals surface area contributed by atoms with E-state index in [0.29, 0.717) is 6.54 Å². The largest absolute Gasteiger partial charge is 0.379 e. The molecule has 0 radical (unpaired) electrons. The Balaban J connectivity index is 3.69. The molecule has 0 heterocycles. The smallest absolute Gasteiger partial charge is 0.208 e. The van der Waals surface area contributed by atoms with E-state index in [1.54, 1.807) is 4.58 Å². The average Bonchev–Trinajstić information content (AvgIpc) is 1.85. The highest BCUT2D eigenvalue weighted by Gasteiger charge is 1.87. The second kappa shape index (κ2) is 4.63. The van der Waals surface area contributed by atoms with Crippen LogP contribution in [0.3, 0.4) is 0 Å². The van der Waals surface area contributed by atoms with E-state index in [-0.39, 0.29) is 0 Å². The second-order valence-electron chi connectivity index (χ2n) is 2.21. The van der Waals surface area contributed by atoms with Gasteiger partial charge in [-0.3, -0.25) is 0 Å². The van der Waals surface area contributed by atoms with Gasteiger partial charge in [0.05, 0.1) is 6.20 Å². The molecular formula is C8H13N2+. The standard InChI is InChI=1S/C8H13N2/c1-5-6-10(4)8-7-9(2)3/h1,7-8H,4,6H2,2-3H3/q+1/b8-7-. The van der Waals surface area contributed by atoms with Crippen LogP contribution in [0, 0.1) is 12.3 Å². The summed E-state index contributed by atoms with van der Waals surface area (Å²) in [6.45, 7) is 4.22. The number of rotatable bonds is 3. The first kappa shape index (κ1) is 8.77. The number of nitrogens with zero attached hydrogens (tertiary/aromatic N) is 2. The summed E-state index contributed by atoms with van der Waals surface area (Å²) in [4.78, 5) is 1.93. The van der Waals surface area contributed by atoms with Crippen LogP contribution >= 0.6 is 0 Å². The second-order valence-corrected chi connectivity index (χ2v) is 2.21. The molecule has 0 N–H and O–H groups in total. The van der Waals surface area contributed by atoms with Crippen molar-refractivity contribution in [1.82, 2.24) is 4.90 Å². The van der Waals surface area contributed by atoms with Crippen molar-refractivity contribution >= 4 is 6.72 Å². The SMILES string of the molecule is C#CC[N+](=C)/C=C\N(C)C. The van der Waals surface area contributed by atoms with Crippen molar-refractivity contribution in [2.75, 3.05) is 20.6 Å². The lowest BCUT2D eigenvalue weighted by molar-refractivity contribution is -0.433. The van der Waals surface area contributed by atoms with Gasteiger partial charge in [0.1, 0.15) is 6.72 Å². The van der Waals surface area contributed by atoms with E-state index >= 15 is 0 Å². The van der Waals surface area contributed by atoms with Gasteiger partial charge in [0.25, 0.3) is 0 Å². The maximum atomic E-state index is 5.06. The summed E-state index contributed by atoms with van der Waals surface area (Å²) in [5.41, 5.74) is 0. The molecule has 10 heavy (non-hydrogen) atoms. The van der Waals surface area contributed by atoms with Crippen molar-refractivity contribution in [2.24, 2.45) is 0 Å². The summed E-state index contributed by atoms with van der Waals surface area (Å²) in [5.74, 6) is 2.48. The summed E-state index contributed by atoms with van der Waals surface area (Å²) in [6, 6.07) is 0. The summed E-state index contributed by atoms with van der Waals surface area (Å²) in [7, 11) is 3.89. The van der Waals surface area contributed by atoms with Gasteiger partial charge < -0.3 is 4.90 Å². The van der Waals surface area contributed by atoms with Gasteiger partial charge in [0.15, 0.2) is 6.20 Å². The topological polar surface area (TPSA) is 6.25 Å². The Morgan fingerprint density at radius 2 is 2.30 bits per heavy atom. The summed E-state index contributed by atoms with van der Waals surface area (Å²) in [5, 5.41) is 0. The van der Waals surface area contributed by atoms with Crippen molar-refractivity contribution in [3.8, 4) is 12.3 Å². The fourth-order valence-corrected chi connectivity index (χ4v) is 0.398. The highest BCUT2D eigenvalue weighted by molar-refractivity contribution is 5.16. The van der Waals surface area contributed by atoms with E-state index in [2.05, 4.69) is 12.6 Å². The predicted molar refractivity (Wildman–Crippen MR) is 43.9 cm³/mol. The van der Waals surface area contributed by atoms with Crippen molar-refractivity contribution in [1.29, 1.82) is 0 Å². The van der Waals surface area contributed by atoms with Crippen molar-refractivity contribution in [2.45, 2.75) is 0 Å². The lowest BCUT2D eigenvalue weighted by Crippen LogP contribution is -2.05. The van der Waals surface area contributed by atoms with Gasteiger partial charge in [0.2, 0.25) is 6.54 Å². The first-order chi connectivity index (χ1) is 4.66. The van der Waals surface area contributed by atoms with E-state index in [1.165, 1.54) is 0 Å². The van der Waals surface area contributed by atoms with Crippen LogP contribution in [0.4, 0.5) is 0 Å². The molecule has 0 rings (SSSR count). The molecule has 0 saturated heterocycles. The van der Waals surface area contributed by atoms with E-state index in [9.17, 15) is 0 Å². The number of terminal acetylenes is 1. The van der Waals surface area contributed by atoms with Crippen LogP contribution in [0.15, 0.2) is 12.4 Å². The molecule has 0 fully saturated rings. The van der Waals surface area contributed by atoms with Crippen LogP contribution in [-0.2, 0) is 0 Å². The van der Waals surface area contributed by atoms with Gasteiger partial charge in [-0.15, -0.1) is 6.42 Å². The highest BCUT2D eigenvalue weighted by atomic mass is 15.1. The van der Waals surface area contributed by atoms with E-state index in [0.717, 1.165) is 0 Å². The Labute approximate surface area is 62.5 Å². The first-order valence-corrected chi connectivity index (χ1v) is 3.02. The third kappa shape index (κ3) is 4.92. The molecule has 0 spiro atoms. The maximum absolute atomic E-state index is 5.06. The van der Waals surface area contributed by atoms with Crippen LogP contribution in [0.1, 0.15) is 0 Å². The molecule has 2 heteroatoms. The Bertz CT molecular complexity index is 172. The van der Waals surface area contributed by atoms with Gasteiger partial charge in [-0.25, -0.2) is 0 Å². The van der Waals surface area contributed by atoms with Crippen LogP contribution in [0.2, 0.25) is 0 Å². The minimum absolute atomic E-state index is 0.546. The quantitative estimate of drug-likeness (QED) is 0.309. The summed E-state index contributed by atoms with van der Waals surface area (Å²) in [6.07, 6.45) is 8.78. The molecule has 0 aromatic carbocycles. The van der Waals surface area contributed by atoms with E-state index < -0.39 is 0 Å². The summed E-state index contributed by atoms with van der Waals surface area (Å²) >= 11 is 0. The van der Waals surface area contributed by atoms with Crippen molar-refractivity contribution in [3.05, 3.63) is 12.4 Å². The zero-order chi connectivity index (χ0) is 7.98.